The number of nitrogens with zero attached hydrogens (tertiary/aromatic N) is 2. The number of amides is 2. The van der Waals surface area contributed by atoms with Crippen LogP contribution in [0, 0.1) is 10.8 Å². The maximum Gasteiger partial charge on any atom is 0.222 e. The minimum absolute atomic E-state index is 0.0874. The minimum atomic E-state index is -0.256. The number of ether oxygens (including phenoxy) is 2. The van der Waals surface area contributed by atoms with Crippen molar-refractivity contribution in [3.05, 3.63) is 59.7 Å². The van der Waals surface area contributed by atoms with Gasteiger partial charge in [0.05, 0.1) is 13.2 Å². The number of hydrogen-bond acceptors (Lipinski definition) is 8. The topological polar surface area (TPSA) is 131 Å². The molecule has 1 heterocycles. The van der Waals surface area contributed by atoms with Crippen LogP contribution < -0.4 is 20.1 Å². The molecule has 0 unspecified atom stereocenters. The normalized spacial score (nSPS) is 13.9. The number of carbonyl (C=O) groups excluding carboxylic acids is 2. The average molecular weight is 523 g/mol. The Labute approximate surface area is 224 Å². The third-order valence-electron chi connectivity index (χ3n) is 6.13. The molecule has 2 aromatic carbocycles. The molecule has 2 amide bonds. The fourth-order valence-electron chi connectivity index (χ4n) is 4.12. The molecule has 3 rings (SSSR count). The fourth-order valence-corrected chi connectivity index (χ4v) is 4.12. The van der Waals surface area contributed by atoms with Gasteiger partial charge < -0.3 is 29.9 Å². The van der Waals surface area contributed by atoms with E-state index < -0.39 is 0 Å². The third-order valence-corrected chi connectivity index (χ3v) is 6.13. The molecule has 0 spiro atoms. The predicted octanol–water partition coefficient (Wildman–Crippen LogP) is 2.47. The van der Waals surface area contributed by atoms with Gasteiger partial charge in [-0.3, -0.25) is 20.4 Å². The van der Waals surface area contributed by atoms with E-state index in [0.29, 0.717) is 24.3 Å². The molecule has 2 aromatic rings. The molecular formula is C28H38N6O4. The molecule has 0 radical (unpaired) electrons. The van der Waals surface area contributed by atoms with Gasteiger partial charge in [-0.2, -0.15) is 0 Å². The number of nitrogens with one attached hydrogen (secondary N) is 4. The van der Waals surface area contributed by atoms with E-state index in [2.05, 4.69) is 20.4 Å². The van der Waals surface area contributed by atoms with Crippen LogP contribution in [-0.4, -0.2) is 85.8 Å². The lowest BCUT2D eigenvalue weighted by Gasteiger charge is -2.34. The van der Waals surface area contributed by atoms with Crippen LogP contribution in [0.15, 0.2) is 48.5 Å². The molecule has 38 heavy (non-hydrogen) atoms. The van der Waals surface area contributed by atoms with Crippen LogP contribution in [0.3, 0.4) is 0 Å². The van der Waals surface area contributed by atoms with Crippen molar-refractivity contribution in [3.8, 4) is 11.5 Å². The first-order valence-corrected chi connectivity index (χ1v) is 12.9. The van der Waals surface area contributed by atoms with E-state index >= 15 is 0 Å². The summed E-state index contributed by atoms with van der Waals surface area (Å²) in [6, 6.07) is 14.4. The largest absolute Gasteiger partial charge is 0.494 e. The van der Waals surface area contributed by atoms with Crippen molar-refractivity contribution in [1.29, 1.82) is 10.8 Å². The average Bonchev–Trinajstić information content (AvgIpc) is 2.90. The van der Waals surface area contributed by atoms with Crippen LogP contribution in [0.2, 0.25) is 0 Å². The highest BCUT2D eigenvalue weighted by Crippen LogP contribution is 2.14. The molecule has 1 aliphatic heterocycles. The van der Waals surface area contributed by atoms with E-state index in [1.165, 1.54) is 13.8 Å². The lowest BCUT2D eigenvalue weighted by atomic mass is 10.2. The fraction of sp³-hybridized carbons (Fsp3) is 0.429. The Morgan fingerprint density at radius 2 is 1.03 bits per heavy atom. The number of hydrogen-bond donors (Lipinski definition) is 4. The maximum absolute atomic E-state index is 11.1. The number of amidine groups is 2. The standard InChI is InChI=1S/C28H38N6O4/c1-21(35)31-27(29)23-5-9-25(10-6-23)37-19-3-13-33-15-17-34(18-16-33)14-4-20-38-26-11-7-24(8-12-26)28(30)32-22(2)36/h5-12H,3-4,13-20H2,1-2H3,(H2,29,31,35)(H2,30,32,36). The Morgan fingerprint density at radius 1 is 0.684 bits per heavy atom. The molecular weight excluding hydrogens is 484 g/mol. The van der Waals surface area contributed by atoms with E-state index in [0.717, 1.165) is 63.6 Å². The molecule has 0 bridgehead atoms. The van der Waals surface area contributed by atoms with Crippen LogP contribution in [0.25, 0.3) is 0 Å². The van der Waals surface area contributed by atoms with Crippen molar-refractivity contribution < 1.29 is 19.1 Å². The van der Waals surface area contributed by atoms with Crippen molar-refractivity contribution in [2.75, 3.05) is 52.5 Å². The first-order chi connectivity index (χ1) is 18.3. The van der Waals surface area contributed by atoms with Gasteiger partial charge in [-0.05, 0) is 61.4 Å². The van der Waals surface area contributed by atoms with Gasteiger partial charge >= 0.3 is 0 Å². The molecule has 10 heteroatoms. The smallest absolute Gasteiger partial charge is 0.222 e. The van der Waals surface area contributed by atoms with Gasteiger partial charge in [0.2, 0.25) is 11.8 Å². The van der Waals surface area contributed by atoms with Gasteiger partial charge in [-0.15, -0.1) is 0 Å². The molecule has 0 aromatic heterocycles. The third kappa shape index (κ3) is 9.95. The highest BCUT2D eigenvalue weighted by Gasteiger charge is 2.16. The Bertz CT molecular complexity index is 992. The van der Waals surface area contributed by atoms with Crippen LogP contribution in [0.1, 0.15) is 37.8 Å². The summed E-state index contributed by atoms with van der Waals surface area (Å²) < 4.78 is 11.7. The van der Waals surface area contributed by atoms with Crippen molar-refractivity contribution in [2.24, 2.45) is 0 Å². The van der Waals surface area contributed by atoms with Gasteiger partial charge in [-0.25, -0.2) is 0 Å². The van der Waals surface area contributed by atoms with E-state index in [9.17, 15) is 9.59 Å². The summed E-state index contributed by atoms with van der Waals surface area (Å²) >= 11 is 0. The molecule has 204 valence electrons. The van der Waals surface area contributed by atoms with Crippen molar-refractivity contribution >= 4 is 23.5 Å². The van der Waals surface area contributed by atoms with E-state index in [1.807, 2.05) is 24.3 Å². The molecule has 1 fully saturated rings. The quantitative estimate of drug-likeness (QED) is 0.192. The zero-order chi connectivity index (χ0) is 27.3. The summed E-state index contributed by atoms with van der Waals surface area (Å²) in [5, 5.41) is 20.6. The molecule has 1 saturated heterocycles. The Morgan fingerprint density at radius 3 is 1.34 bits per heavy atom. The van der Waals surface area contributed by atoms with E-state index in [1.54, 1.807) is 24.3 Å². The van der Waals surface area contributed by atoms with E-state index in [4.69, 9.17) is 20.3 Å². The molecule has 0 aliphatic carbocycles. The monoisotopic (exact) mass is 522 g/mol. The van der Waals surface area contributed by atoms with Gasteiger partial charge in [0.25, 0.3) is 0 Å². The van der Waals surface area contributed by atoms with Crippen molar-refractivity contribution in [2.45, 2.75) is 26.7 Å². The highest BCUT2D eigenvalue weighted by atomic mass is 16.5. The number of carbonyl (C=O) groups is 2. The molecule has 10 nitrogen and oxygen atoms in total. The zero-order valence-corrected chi connectivity index (χ0v) is 22.2. The second kappa shape index (κ2) is 14.8. The van der Waals surface area contributed by atoms with Crippen molar-refractivity contribution in [3.63, 3.8) is 0 Å². The second-order valence-corrected chi connectivity index (χ2v) is 9.25. The molecule has 0 saturated carbocycles. The second-order valence-electron chi connectivity index (χ2n) is 9.25. The van der Waals surface area contributed by atoms with Crippen LogP contribution in [-0.2, 0) is 9.59 Å². The van der Waals surface area contributed by atoms with Gasteiger partial charge in [-0.1, -0.05) is 0 Å². The summed E-state index contributed by atoms with van der Waals surface area (Å²) in [7, 11) is 0. The summed E-state index contributed by atoms with van der Waals surface area (Å²) in [4.78, 5) is 27.1. The number of piperazine rings is 1. The predicted molar refractivity (Wildman–Crippen MR) is 147 cm³/mol. The first-order valence-electron chi connectivity index (χ1n) is 12.9. The van der Waals surface area contributed by atoms with Gasteiger partial charge in [0.1, 0.15) is 23.2 Å². The zero-order valence-electron chi connectivity index (χ0n) is 22.2. The maximum atomic E-state index is 11.1. The molecule has 1 aliphatic rings. The van der Waals surface area contributed by atoms with Crippen LogP contribution >= 0.6 is 0 Å². The lowest BCUT2D eigenvalue weighted by Crippen LogP contribution is -2.47. The SMILES string of the molecule is CC(=O)NC(=N)c1ccc(OCCCN2CCN(CCCOc3ccc(C(=N)NC(C)=O)cc3)CC2)cc1. The summed E-state index contributed by atoms with van der Waals surface area (Å²) in [5.41, 5.74) is 1.29. The summed E-state index contributed by atoms with van der Waals surface area (Å²) in [6.07, 6.45) is 1.89. The van der Waals surface area contributed by atoms with E-state index in [-0.39, 0.29) is 23.5 Å². The summed E-state index contributed by atoms with van der Waals surface area (Å²) in [6.45, 7) is 10.2. The van der Waals surface area contributed by atoms with Gasteiger partial charge in [0.15, 0.2) is 0 Å². The van der Waals surface area contributed by atoms with Gasteiger partial charge in [0, 0.05) is 64.2 Å². The lowest BCUT2D eigenvalue weighted by molar-refractivity contribution is -0.118. The molecule has 0 atom stereocenters. The minimum Gasteiger partial charge on any atom is -0.494 e. The Kier molecular flexibility index (Phi) is 11.3. The van der Waals surface area contributed by atoms with Crippen LogP contribution in [0.5, 0.6) is 11.5 Å². The first kappa shape index (κ1) is 28.8. The Hall–Kier alpha value is -3.76. The Balaban J connectivity index is 1.23. The highest BCUT2D eigenvalue weighted by molar-refractivity contribution is 6.06. The summed E-state index contributed by atoms with van der Waals surface area (Å²) in [5.74, 6) is 1.18. The molecule has 4 N–H and O–H groups in total. The number of benzene rings is 2. The van der Waals surface area contributed by atoms with Crippen LogP contribution in [0.4, 0.5) is 0 Å². The number of rotatable bonds is 12. The van der Waals surface area contributed by atoms with Crippen molar-refractivity contribution in [1.82, 2.24) is 20.4 Å².